The van der Waals surface area contributed by atoms with Crippen LogP contribution in [-0.4, -0.2) is 28.3 Å². The number of nitrogens with zero attached hydrogens (tertiary/aromatic N) is 3. The topological polar surface area (TPSA) is 47.4 Å². The first-order valence-electron chi connectivity index (χ1n) is 6.95. The molecule has 1 aromatic heterocycles. The summed E-state index contributed by atoms with van der Waals surface area (Å²) in [6, 6.07) is 4.70. The second kappa shape index (κ2) is 5.55. The summed E-state index contributed by atoms with van der Waals surface area (Å²) in [5, 5.41) is 0. The molecular weight excluding hydrogens is 273 g/mol. The summed E-state index contributed by atoms with van der Waals surface area (Å²) in [6.07, 6.45) is 6.01. The van der Waals surface area contributed by atoms with Gasteiger partial charge in [-0.05, 0) is 24.6 Å². The Kier molecular flexibility index (Phi) is 3.60. The molecule has 1 saturated heterocycles. The summed E-state index contributed by atoms with van der Waals surface area (Å²) in [4.78, 5) is 17.2. The van der Waals surface area contributed by atoms with Crippen LogP contribution in [0.3, 0.4) is 0 Å². The predicted molar refractivity (Wildman–Crippen MR) is 76.0 cm³/mol. The summed E-state index contributed by atoms with van der Waals surface area (Å²) in [6.45, 7) is 2.51. The van der Waals surface area contributed by atoms with Gasteiger partial charge in [0.15, 0.2) is 0 Å². The van der Waals surface area contributed by atoms with Crippen molar-refractivity contribution >= 4 is 11.8 Å². The Bertz CT molecular complexity index is 642. The number of benzene rings is 1. The average Bonchev–Trinajstić information content (AvgIpc) is 3.09. The Labute approximate surface area is 122 Å². The minimum Gasteiger partial charge on any atom is -0.444 e. The van der Waals surface area contributed by atoms with E-state index < -0.39 is 11.9 Å². The van der Waals surface area contributed by atoms with Crippen LogP contribution in [0.5, 0.6) is 0 Å². The highest BCUT2D eigenvalue weighted by Crippen LogP contribution is 2.26. The number of cyclic esters (lactones) is 1. The van der Waals surface area contributed by atoms with Crippen molar-refractivity contribution < 1.29 is 13.9 Å². The molecule has 1 aliphatic heterocycles. The Morgan fingerprint density at radius 3 is 3.00 bits per heavy atom. The van der Waals surface area contributed by atoms with Gasteiger partial charge in [0.1, 0.15) is 11.9 Å². The first kappa shape index (κ1) is 13.6. The van der Waals surface area contributed by atoms with Crippen molar-refractivity contribution in [2.75, 3.05) is 11.4 Å². The number of carbonyl (C=O) groups is 1. The van der Waals surface area contributed by atoms with E-state index in [9.17, 15) is 9.18 Å². The standard InChI is InChI=1S/C15H16FN3O2/c1-2-3-12-9-19(15(20)21-12)11-4-5-14(13(16)8-11)18-7-6-17-10-18/h4-8,10,12H,2-3,9H2,1H3/t12-/m1/s1. The maximum atomic E-state index is 14.2. The molecule has 3 rings (SSSR count). The first-order valence-corrected chi connectivity index (χ1v) is 6.95. The molecule has 1 amide bonds. The molecule has 6 heteroatoms. The van der Waals surface area contributed by atoms with Gasteiger partial charge in [0.05, 0.1) is 24.2 Å². The highest BCUT2D eigenvalue weighted by Gasteiger charge is 2.32. The van der Waals surface area contributed by atoms with Crippen molar-refractivity contribution in [2.45, 2.75) is 25.9 Å². The molecule has 0 aliphatic carbocycles. The zero-order valence-corrected chi connectivity index (χ0v) is 11.7. The van der Waals surface area contributed by atoms with E-state index in [2.05, 4.69) is 4.98 Å². The van der Waals surface area contributed by atoms with E-state index in [1.165, 1.54) is 17.3 Å². The molecule has 1 aliphatic rings. The molecule has 1 aromatic carbocycles. The largest absolute Gasteiger partial charge is 0.444 e. The number of carbonyl (C=O) groups excluding carboxylic acids is 1. The van der Waals surface area contributed by atoms with E-state index >= 15 is 0 Å². The van der Waals surface area contributed by atoms with Gasteiger partial charge in [-0.2, -0.15) is 0 Å². The average molecular weight is 289 g/mol. The number of hydrogen-bond acceptors (Lipinski definition) is 3. The summed E-state index contributed by atoms with van der Waals surface area (Å²) in [7, 11) is 0. The van der Waals surface area contributed by atoms with Crippen LogP contribution in [0.25, 0.3) is 5.69 Å². The number of amides is 1. The fourth-order valence-electron chi connectivity index (χ4n) is 2.48. The lowest BCUT2D eigenvalue weighted by Gasteiger charge is -2.14. The van der Waals surface area contributed by atoms with Crippen LogP contribution in [0.4, 0.5) is 14.9 Å². The maximum Gasteiger partial charge on any atom is 0.414 e. The lowest BCUT2D eigenvalue weighted by atomic mass is 10.2. The van der Waals surface area contributed by atoms with Crippen LogP contribution < -0.4 is 4.90 Å². The highest BCUT2D eigenvalue weighted by atomic mass is 19.1. The summed E-state index contributed by atoms with van der Waals surface area (Å²) < 4.78 is 21.1. The molecule has 0 bridgehead atoms. The second-order valence-electron chi connectivity index (χ2n) is 5.01. The lowest BCUT2D eigenvalue weighted by Crippen LogP contribution is -2.24. The molecule has 0 radical (unpaired) electrons. The van der Waals surface area contributed by atoms with Gasteiger partial charge in [0.2, 0.25) is 0 Å². The molecule has 0 N–H and O–H groups in total. The molecular formula is C15H16FN3O2. The van der Waals surface area contributed by atoms with Crippen LogP contribution in [0.1, 0.15) is 19.8 Å². The third kappa shape index (κ3) is 2.61. The van der Waals surface area contributed by atoms with Crippen molar-refractivity contribution in [2.24, 2.45) is 0 Å². The van der Waals surface area contributed by atoms with Crippen molar-refractivity contribution in [3.8, 4) is 5.69 Å². The molecule has 110 valence electrons. The first-order chi connectivity index (χ1) is 10.2. The van der Waals surface area contributed by atoms with Gasteiger partial charge in [-0.3, -0.25) is 4.90 Å². The molecule has 2 heterocycles. The van der Waals surface area contributed by atoms with Gasteiger partial charge in [-0.25, -0.2) is 14.2 Å². The minimum atomic E-state index is -0.414. The number of anilines is 1. The zero-order chi connectivity index (χ0) is 14.8. The summed E-state index contributed by atoms with van der Waals surface area (Å²) in [5.74, 6) is -0.405. The van der Waals surface area contributed by atoms with E-state index in [0.717, 1.165) is 12.8 Å². The SMILES string of the molecule is CCC[C@@H]1CN(c2ccc(-n3ccnc3)c(F)c2)C(=O)O1. The predicted octanol–water partition coefficient (Wildman–Crippen LogP) is 3.14. The van der Waals surface area contributed by atoms with E-state index in [0.29, 0.717) is 17.9 Å². The summed E-state index contributed by atoms with van der Waals surface area (Å²) in [5.41, 5.74) is 0.911. The fraction of sp³-hybridized carbons (Fsp3) is 0.333. The molecule has 0 spiro atoms. The summed E-state index contributed by atoms with van der Waals surface area (Å²) >= 11 is 0. The molecule has 1 atom stereocenters. The number of hydrogen-bond donors (Lipinski definition) is 0. The van der Waals surface area contributed by atoms with Gasteiger partial charge in [0.25, 0.3) is 0 Å². The van der Waals surface area contributed by atoms with Crippen LogP contribution in [0.2, 0.25) is 0 Å². The number of halogens is 1. The van der Waals surface area contributed by atoms with Gasteiger partial charge < -0.3 is 9.30 Å². The molecule has 1 fully saturated rings. The quantitative estimate of drug-likeness (QED) is 0.868. The molecule has 0 saturated carbocycles. The third-order valence-corrected chi connectivity index (χ3v) is 3.51. The van der Waals surface area contributed by atoms with E-state index in [4.69, 9.17) is 4.74 Å². The van der Waals surface area contributed by atoms with Crippen molar-refractivity contribution in [3.63, 3.8) is 0 Å². The third-order valence-electron chi connectivity index (χ3n) is 3.51. The molecule has 5 nitrogen and oxygen atoms in total. The minimum absolute atomic E-state index is 0.112. The Morgan fingerprint density at radius 1 is 1.48 bits per heavy atom. The van der Waals surface area contributed by atoms with E-state index in [-0.39, 0.29) is 6.10 Å². The van der Waals surface area contributed by atoms with Gasteiger partial charge in [-0.1, -0.05) is 13.3 Å². The van der Waals surface area contributed by atoms with Gasteiger partial charge in [-0.15, -0.1) is 0 Å². The Hall–Kier alpha value is -2.37. The normalized spacial score (nSPS) is 18.1. The molecule has 2 aromatic rings. The fourth-order valence-corrected chi connectivity index (χ4v) is 2.48. The van der Waals surface area contributed by atoms with Crippen molar-refractivity contribution in [1.29, 1.82) is 0 Å². The van der Waals surface area contributed by atoms with E-state index in [1.54, 1.807) is 29.1 Å². The smallest absolute Gasteiger partial charge is 0.414 e. The number of aromatic nitrogens is 2. The number of ether oxygens (including phenoxy) is 1. The van der Waals surface area contributed by atoms with Crippen molar-refractivity contribution in [3.05, 3.63) is 42.7 Å². The van der Waals surface area contributed by atoms with Crippen LogP contribution in [0.15, 0.2) is 36.9 Å². The van der Waals surface area contributed by atoms with Crippen LogP contribution >= 0.6 is 0 Å². The van der Waals surface area contributed by atoms with Crippen molar-refractivity contribution in [1.82, 2.24) is 9.55 Å². The second-order valence-corrected chi connectivity index (χ2v) is 5.01. The van der Waals surface area contributed by atoms with Gasteiger partial charge >= 0.3 is 6.09 Å². The Morgan fingerprint density at radius 2 is 2.33 bits per heavy atom. The van der Waals surface area contributed by atoms with Crippen LogP contribution in [0, 0.1) is 5.82 Å². The monoisotopic (exact) mass is 289 g/mol. The highest BCUT2D eigenvalue weighted by molar-refractivity contribution is 5.89. The number of rotatable bonds is 4. The Balaban J connectivity index is 1.84. The number of imidazole rings is 1. The van der Waals surface area contributed by atoms with Crippen LogP contribution in [-0.2, 0) is 4.74 Å². The van der Waals surface area contributed by atoms with E-state index in [1.807, 2.05) is 6.92 Å². The molecule has 21 heavy (non-hydrogen) atoms. The lowest BCUT2D eigenvalue weighted by molar-refractivity contribution is 0.136. The molecule has 0 unspecified atom stereocenters. The van der Waals surface area contributed by atoms with Gasteiger partial charge in [0, 0.05) is 12.4 Å². The zero-order valence-electron chi connectivity index (χ0n) is 11.7. The maximum absolute atomic E-state index is 14.2.